The van der Waals surface area contributed by atoms with Crippen LogP contribution in [0.25, 0.3) is 10.9 Å². The van der Waals surface area contributed by atoms with E-state index in [-0.39, 0.29) is 30.5 Å². The summed E-state index contributed by atoms with van der Waals surface area (Å²) in [4.78, 5) is 48.2. The Morgan fingerprint density at radius 1 is 1.03 bits per heavy atom. The second-order valence-electron chi connectivity index (χ2n) is 9.26. The highest BCUT2D eigenvalue weighted by molar-refractivity contribution is 6.14. The Kier molecular flexibility index (Phi) is 6.98. The molecule has 0 fully saturated rings. The van der Waals surface area contributed by atoms with Gasteiger partial charge in [-0.15, -0.1) is 0 Å². The monoisotopic (exact) mass is 495 g/mol. The van der Waals surface area contributed by atoms with E-state index in [1.165, 1.54) is 15.0 Å². The molecule has 0 radical (unpaired) electrons. The van der Waals surface area contributed by atoms with E-state index < -0.39 is 11.2 Å². The van der Waals surface area contributed by atoms with Crippen molar-refractivity contribution in [3.05, 3.63) is 110 Å². The molecule has 2 aromatic heterocycles. The molecule has 1 amide bonds. The standard InChI is InChI=1S/C29H29N5O3/c30-26-25(27(35)32-29(37)34(26)19-21-11-5-2-6-12-21)33(18-16-20-9-3-1-4-10-20)28(36)23-15-17-31-24-14-8-7-13-22(23)24/h2,5-9,11-15,17H,1,3-4,10,16,18-19,30H2,(H,32,35,37). The van der Waals surface area contributed by atoms with Gasteiger partial charge in [-0.2, -0.15) is 0 Å². The normalized spacial score (nSPS) is 13.4. The van der Waals surface area contributed by atoms with Gasteiger partial charge in [0.05, 0.1) is 17.6 Å². The van der Waals surface area contributed by atoms with Gasteiger partial charge in [0, 0.05) is 18.1 Å². The number of hydrogen-bond acceptors (Lipinski definition) is 5. The highest BCUT2D eigenvalue weighted by Gasteiger charge is 2.27. The highest BCUT2D eigenvalue weighted by Crippen LogP contribution is 2.26. The Hall–Kier alpha value is -4.46. The van der Waals surface area contributed by atoms with Crippen molar-refractivity contribution in [1.82, 2.24) is 14.5 Å². The number of nitrogens with two attached hydrogens (primary N) is 1. The van der Waals surface area contributed by atoms with Gasteiger partial charge in [-0.1, -0.05) is 60.2 Å². The third kappa shape index (κ3) is 5.09. The molecule has 0 unspecified atom stereocenters. The summed E-state index contributed by atoms with van der Waals surface area (Å²) in [6.45, 7) is 0.429. The van der Waals surface area contributed by atoms with Gasteiger partial charge in [0.1, 0.15) is 5.82 Å². The molecule has 8 nitrogen and oxygen atoms in total. The predicted molar refractivity (Wildman–Crippen MR) is 146 cm³/mol. The number of allylic oxidation sites excluding steroid dienone is 1. The predicted octanol–water partition coefficient (Wildman–Crippen LogP) is 4.25. The highest BCUT2D eigenvalue weighted by atomic mass is 16.2. The Morgan fingerprint density at radius 3 is 2.59 bits per heavy atom. The first-order valence-electron chi connectivity index (χ1n) is 12.5. The zero-order valence-electron chi connectivity index (χ0n) is 20.5. The summed E-state index contributed by atoms with van der Waals surface area (Å²) in [5.74, 6) is -0.404. The maximum atomic E-state index is 14.1. The van der Waals surface area contributed by atoms with Gasteiger partial charge < -0.3 is 10.6 Å². The minimum atomic E-state index is -0.684. The summed E-state index contributed by atoms with van der Waals surface area (Å²) in [5.41, 5.74) is 8.38. The van der Waals surface area contributed by atoms with Crippen LogP contribution in [0.3, 0.4) is 0 Å². The molecule has 0 spiro atoms. The van der Waals surface area contributed by atoms with Crippen molar-refractivity contribution in [2.75, 3.05) is 17.2 Å². The summed E-state index contributed by atoms with van der Waals surface area (Å²) >= 11 is 0. The summed E-state index contributed by atoms with van der Waals surface area (Å²) in [6.07, 6.45) is 8.68. The molecule has 37 heavy (non-hydrogen) atoms. The lowest BCUT2D eigenvalue weighted by atomic mass is 9.97. The fourth-order valence-electron chi connectivity index (χ4n) is 4.89. The number of hydrogen-bond donors (Lipinski definition) is 2. The van der Waals surface area contributed by atoms with Crippen molar-refractivity contribution in [3.8, 4) is 0 Å². The molecule has 2 heterocycles. The number of aromatic nitrogens is 3. The Labute approximate surface area is 214 Å². The van der Waals surface area contributed by atoms with Crippen LogP contribution >= 0.6 is 0 Å². The number of rotatable bonds is 7. The first kappa shape index (κ1) is 24.2. The average Bonchev–Trinajstić information content (AvgIpc) is 2.93. The minimum absolute atomic E-state index is 0.0159. The third-order valence-corrected chi connectivity index (χ3v) is 6.83. The molecule has 1 aliphatic rings. The number of carbonyl (C=O) groups excluding carboxylic acids is 1. The van der Waals surface area contributed by atoms with Gasteiger partial charge in [0.25, 0.3) is 11.5 Å². The van der Waals surface area contributed by atoms with Crippen molar-refractivity contribution < 1.29 is 4.79 Å². The van der Waals surface area contributed by atoms with Crippen molar-refractivity contribution in [2.24, 2.45) is 0 Å². The molecule has 0 aliphatic heterocycles. The maximum absolute atomic E-state index is 14.1. The average molecular weight is 496 g/mol. The van der Waals surface area contributed by atoms with E-state index in [0.29, 0.717) is 22.9 Å². The fourth-order valence-corrected chi connectivity index (χ4v) is 4.89. The Bertz CT molecular complexity index is 1580. The molecule has 0 atom stereocenters. The summed E-state index contributed by atoms with van der Waals surface area (Å²) in [5, 5.41) is 0.685. The molecule has 2 aromatic carbocycles. The van der Waals surface area contributed by atoms with Gasteiger partial charge in [-0.05, 0) is 49.8 Å². The van der Waals surface area contributed by atoms with Crippen molar-refractivity contribution in [1.29, 1.82) is 0 Å². The van der Waals surface area contributed by atoms with E-state index in [0.717, 1.165) is 31.2 Å². The molecular weight excluding hydrogens is 466 g/mol. The molecular formula is C29H29N5O3. The summed E-state index contributed by atoms with van der Waals surface area (Å²) in [6, 6.07) is 18.4. The molecule has 0 bridgehead atoms. The maximum Gasteiger partial charge on any atom is 0.330 e. The van der Waals surface area contributed by atoms with Crippen LogP contribution in [-0.4, -0.2) is 27.0 Å². The van der Waals surface area contributed by atoms with Crippen molar-refractivity contribution in [2.45, 2.75) is 38.6 Å². The van der Waals surface area contributed by atoms with Crippen LogP contribution in [0, 0.1) is 0 Å². The van der Waals surface area contributed by atoms with Gasteiger partial charge in [-0.3, -0.25) is 24.1 Å². The molecule has 5 rings (SSSR count). The number of H-pyrrole nitrogens is 1. The number of anilines is 2. The van der Waals surface area contributed by atoms with Crippen molar-refractivity contribution in [3.63, 3.8) is 0 Å². The number of nitrogen functional groups attached to an aromatic ring is 1. The van der Waals surface area contributed by atoms with E-state index in [9.17, 15) is 14.4 Å². The lowest BCUT2D eigenvalue weighted by Crippen LogP contribution is -2.42. The Morgan fingerprint density at radius 2 is 1.81 bits per heavy atom. The SMILES string of the molecule is Nc1c(N(CCC2=CCCCC2)C(=O)c2ccnc3ccccc23)c(=O)[nH]c(=O)n1Cc1ccccc1. The van der Waals surface area contributed by atoms with Crippen LogP contribution in [0.5, 0.6) is 0 Å². The second-order valence-corrected chi connectivity index (χ2v) is 9.26. The second kappa shape index (κ2) is 10.7. The minimum Gasteiger partial charge on any atom is -0.383 e. The van der Waals surface area contributed by atoms with Crippen LogP contribution in [0.15, 0.2) is 88.1 Å². The first-order valence-corrected chi connectivity index (χ1v) is 12.5. The summed E-state index contributed by atoms with van der Waals surface area (Å²) in [7, 11) is 0. The van der Waals surface area contributed by atoms with Crippen LogP contribution in [-0.2, 0) is 6.54 Å². The number of para-hydroxylation sites is 1. The third-order valence-electron chi connectivity index (χ3n) is 6.83. The van der Waals surface area contributed by atoms with Gasteiger partial charge in [-0.25, -0.2) is 4.79 Å². The lowest BCUT2D eigenvalue weighted by Gasteiger charge is -2.26. The van der Waals surface area contributed by atoms with E-state index in [4.69, 9.17) is 5.73 Å². The molecule has 3 N–H and O–H groups in total. The number of fused-ring (bicyclic) bond motifs is 1. The molecule has 8 heteroatoms. The Balaban J connectivity index is 1.61. The van der Waals surface area contributed by atoms with E-state index >= 15 is 0 Å². The number of aromatic amines is 1. The molecule has 1 aliphatic carbocycles. The van der Waals surface area contributed by atoms with Crippen LogP contribution in [0.4, 0.5) is 11.5 Å². The van der Waals surface area contributed by atoms with Gasteiger partial charge >= 0.3 is 5.69 Å². The molecule has 0 saturated heterocycles. The summed E-state index contributed by atoms with van der Waals surface area (Å²) < 4.78 is 1.30. The van der Waals surface area contributed by atoms with E-state index in [1.807, 2.05) is 54.6 Å². The van der Waals surface area contributed by atoms with Crippen LogP contribution < -0.4 is 21.9 Å². The largest absolute Gasteiger partial charge is 0.383 e. The smallest absolute Gasteiger partial charge is 0.330 e. The molecule has 0 saturated carbocycles. The fraction of sp³-hybridized carbons (Fsp3) is 0.241. The number of benzene rings is 2. The first-order chi connectivity index (χ1) is 18.0. The number of nitrogens with zero attached hydrogens (tertiary/aromatic N) is 3. The number of pyridine rings is 1. The number of nitrogens with one attached hydrogen (secondary N) is 1. The quantitative estimate of drug-likeness (QED) is 0.372. The zero-order valence-corrected chi connectivity index (χ0v) is 20.5. The van der Waals surface area contributed by atoms with Crippen LogP contribution in [0.2, 0.25) is 0 Å². The van der Waals surface area contributed by atoms with E-state index in [1.54, 1.807) is 12.3 Å². The topological polar surface area (TPSA) is 114 Å². The van der Waals surface area contributed by atoms with Gasteiger partial charge in [0.15, 0.2) is 5.69 Å². The van der Waals surface area contributed by atoms with E-state index in [2.05, 4.69) is 16.0 Å². The van der Waals surface area contributed by atoms with Crippen LogP contribution in [0.1, 0.15) is 48.0 Å². The molecule has 188 valence electrons. The number of carbonyl (C=O) groups is 1. The zero-order chi connectivity index (χ0) is 25.8. The lowest BCUT2D eigenvalue weighted by molar-refractivity contribution is 0.0988. The van der Waals surface area contributed by atoms with Crippen molar-refractivity contribution >= 4 is 28.3 Å². The number of amides is 1. The molecule has 4 aromatic rings. The van der Waals surface area contributed by atoms with Gasteiger partial charge in [0.2, 0.25) is 0 Å².